The molecule has 2 N–H and O–H groups in total. The molecule has 0 saturated heterocycles. The van der Waals surface area contributed by atoms with Crippen LogP contribution in [-0.4, -0.2) is 27.3 Å². The Labute approximate surface area is 124 Å². The van der Waals surface area contributed by atoms with Crippen molar-refractivity contribution in [3.63, 3.8) is 0 Å². The van der Waals surface area contributed by atoms with E-state index in [0.29, 0.717) is 11.1 Å². The summed E-state index contributed by atoms with van der Waals surface area (Å²) in [6.07, 6.45) is 0. The summed E-state index contributed by atoms with van der Waals surface area (Å²) in [5.41, 5.74) is 6.80. The molecule has 2 aromatic heterocycles. The molecule has 3 rings (SSSR count). The number of nitrogens with two attached hydrogens (primary N) is 1. The maximum atomic E-state index is 11.8. The molecular weight excluding hydrogens is 286 g/mol. The Morgan fingerprint density at radius 2 is 2.27 bits per heavy atom. The largest absolute Gasteiger partial charge is 0.461 e. The molecule has 2 heterocycles. The molecule has 0 bridgehead atoms. The first-order valence-corrected chi connectivity index (χ1v) is 6.47. The van der Waals surface area contributed by atoms with E-state index in [-0.39, 0.29) is 29.7 Å². The number of benzene rings is 1. The van der Waals surface area contributed by atoms with Gasteiger partial charge in [-0.3, -0.25) is 0 Å². The summed E-state index contributed by atoms with van der Waals surface area (Å²) in [6.45, 7) is 1.82. The lowest BCUT2D eigenvalue weighted by Crippen LogP contribution is -2.08. The van der Waals surface area contributed by atoms with Crippen molar-refractivity contribution in [2.24, 2.45) is 0 Å². The number of anilines is 1. The van der Waals surface area contributed by atoms with Gasteiger partial charge in [0.05, 0.1) is 6.61 Å². The van der Waals surface area contributed by atoms with Crippen molar-refractivity contribution in [2.75, 3.05) is 12.3 Å². The summed E-state index contributed by atoms with van der Waals surface area (Å²) < 4.78 is 11.5. The fourth-order valence-electron chi connectivity index (χ4n) is 1.98. The maximum absolute atomic E-state index is 11.8. The third-order valence-corrected chi connectivity index (χ3v) is 2.97. The van der Waals surface area contributed by atoms with Crippen LogP contribution < -0.4 is 5.73 Å². The van der Waals surface area contributed by atoms with Crippen LogP contribution in [-0.2, 0) is 4.74 Å². The van der Waals surface area contributed by atoms with Crippen molar-refractivity contribution in [2.45, 2.75) is 6.92 Å². The number of nitrogen functional groups attached to an aromatic ring is 1. The third-order valence-electron chi connectivity index (χ3n) is 2.97. The van der Waals surface area contributed by atoms with Crippen LogP contribution in [0.5, 0.6) is 0 Å². The van der Waals surface area contributed by atoms with Crippen molar-refractivity contribution in [3.8, 4) is 12.1 Å². The topological polar surface area (TPSA) is 120 Å². The quantitative estimate of drug-likeness (QED) is 0.729. The number of nitrogens with zero attached hydrogens (tertiary/aromatic N) is 4. The Bertz CT molecular complexity index is 870. The van der Waals surface area contributed by atoms with Crippen molar-refractivity contribution >= 4 is 22.9 Å². The van der Waals surface area contributed by atoms with Gasteiger partial charge in [-0.25, -0.2) is 4.79 Å². The van der Waals surface area contributed by atoms with Crippen molar-refractivity contribution in [3.05, 3.63) is 35.5 Å². The average Bonchev–Trinajstić information content (AvgIpc) is 3.07. The first kappa shape index (κ1) is 13.6. The highest BCUT2D eigenvalue weighted by atomic mass is 16.5. The minimum Gasteiger partial charge on any atom is -0.461 e. The Hall–Kier alpha value is -3.34. The normalized spacial score (nSPS) is 10.5. The predicted octanol–water partition coefficient (Wildman–Crippen LogP) is 1.64. The van der Waals surface area contributed by atoms with E-state index in [1.807, 2.05) is 12.1 Å². The van der Waals surface area contributed by atoms with Crippen LogP contribution in [0.1, 0.15) is 23.0 Å². The SMILES string of the molecule is CCOC(=O)c1nn(-c2nc3ccccc3o2)c(N)c1C#N. The molecule has 0 saturated carbocycles. The van der Waals surface area contributed by atoms with Gasteiger partial charge in [-0.1, -0.05) is 12.1 Å². The molecule has 0 unspecified atom stereocenters. The van der Waals surface area contributed by atoms with Crippen LogP contribution in [0.15, 0.2) is 28.7 Å². The predicted molar refractivity (Wildman–Crippen MR) is 76.2 cm³/mol. The van der Waals surface area contributed by atoms with E-state index in [9.17, 15) is 10.1 Å². The number of carbonyl (C=O) groups is 1. The minimum absolute atomic E-state index is 0.0305. The van der Waals surface area contributed by atoms with E-state index in [2.05, 4.69) is 10.1 Å². The molecule has 0 atom stereocenters. The summed E-state index contributed by atoms with van der Waals surface area (Å²) in [5, 5.41) is 13.2. The average molecular weight is 297 g/mol. The van der Waals surface area contributed by atoms with Gasteiger partial charge in [-0.15, -0.1) is 0 Å². The lowest BCUT2D eigenvalue weighted by molar-refractivity contribution is 0.0518. The lowest BCUT2D eigenvalue weighted by Gasteiger charge is -1.96. The van der Waals surface area contributed by atoms with Gasteiger partial charge in [-0.2, -0.15) is 20.0 Å². The molecule has 0 amide bonds. The summed E-state index contributed by atoms with van der Waals surface area (Å²) in [6, 6.07) is 9.04. The molecule has 8 nitrogen and oxygen atoms in total. The number of nitriles is 1. The van der Waals surface area contributed by atoms with E-state index < -0.39 is 5.97 Å². The van der Waals surface area contributed by atoms with Crippen LogP contribution in [0, 0.1) is 11.3 Å². The van der Waals surface area contributed by atoms with Crippen LogP contribution in [0.2, 0.25) is 0 Å². The fourth-order valence-corrected chi connectivity index (χ4v) is 1.98. The highest BCUT2D eigenvalue weighted by molar-refractivity contribution is 5.92. The Morgan fingerprint density at radius 3 is 2.95 bits per heavy atom. The molecule has 22 heavy (non-hydrogen) atoms. The van der Waals surface area contributed by atoms with E-state index in [1.165, 1.54) is 0 Å². The molecule has 110 valence electrons. The Morgan fingerprint density at radius 1 is 1.50 bits per heavy atom. The number of ether oxygens (including phenoxy) is 1. The summed E-state index contributed by atoms with van der Waals surface area (Å²) >= 11 is 0. The van der Waals surface area contributed by atoms with Gasteiger partial charge in [0.25, 0.3) is 0 Å². The number of oxazole rings is 1. The molecule has 0 fully saturated rings. The van der Waals surface area contributed by atoms with E-state index >= 15 is 0 Å². The number of esters is 1. The van der Waals surface area contributed by atoms with Crippen molar-refractivity contribution in [1.29, 1.82) is 5.26 Å². The highest BCUT2D eigenvalue weighted by Gasteiger charge is 2.25. The van der Waals surface area contributed by atoms with Crippen molar-refractivity contribution in [1.82, 2.24) is 14.8 Å². The van der Waals surface area contributed by atoms with Crippen LogP contribution in [0.4, 0.5) is 5.82 Å². The Kier molecular flexibility index (Phi) is 3.23. The van der Waals surface area contributed by atoms with Crippen LogP contribution in [0.25, 0.3) is 17.1 Å². The van der Waals surface area contributed by atoms with Gasteiger partial charge in [-0.05, 0) is 19.1 Å². The second-order valence-electron chi connectivity index (χ2n) is 4.32. The molecule has 0 aliphatic carbocycles. The number of rotatable bonds is 3. The Balaban J connectivity index is 2.15. The number of hydrogen-bond acceptors (Lipinski definition) is 7. The van der Waals surface area contributed by atoms with E-state index in [1.54, 1.807) is 25.1 Å². The van der Waals surface area contributed by atoms with Crippen molar-refractivity contribution < 1.29 is 13.9 Å². The molecule has 0 aliphatic rings. The van der Waals surface area contributed by atoms with Gasteiger partial charge in [0.1, 0.15) is 17.1 Å². The summed E-state index contributed by atoms with van der Waals surface area (Å²) in [4.78, 5) is 16.1. The molecule has 0 radical (unpaired) electrons. The monoisotopic (exact) mass is 297 g/mol. The molecule has 0 spiro atoms. The molecule has 0 aliphatic heterocycles. The zero-order valence-corrected chi connectivity index (χ0v) is 11.6. The number of carbonyl (C=O) groups excluding carboxylic acids is 1. The zero-order chi connectivity index (χ0) is 15.7. The van der Waals surface area contributed by atoms with Gasteiger partial charge >= 0.3 is 12.0 Å². The summed E-state index contributed by atoms with van der Waals surface area (Å²) in [5.74, 6) is -0.752. The smallest absolute Gasteiger partial charge is 0.360 e. The lowest BCUT2D eigenvalue weighted by atomic mass is 10.2. The molecule has 8 heteroatoms. The number of aromatic nitrogens is 3. The van der Waals surface area contributed by atoms with Gasteiger partial charge < -0.3 is 14.9 Å². The van der Waals surface area contributed by atoms with E-state index in [0.717, 1.165) is 4.68 Å². The number of fused-ring (bicyclic) bond motifs is 1. The molecule has 3 aromatic rings. The number of hydrogen-bond donors (Lipinski definition) is 1. The molecular formula is C14H11N5O3. The first-order valence-electron chi connectivity index (χ1n) is 6.47. The zero-order valence-electron chi connectivity index (χ0n) is 11.6. The van der Waals surface area contributed by atoms with Crippen LogP contribution >= 0.6 is 0 Å². The minimum atomic E-state index is -0.722. The standard InChI is InChI=1S/C14H11N5O3/c1-2-21-13(20)11-8(7-15)12(16)19(18-11)14-17-9-5-3-4-6-10(9)22-14/h3-6H,2,16H2,1H3. The molecule has 1 aromatic carbocycles. The van der Waals surface area contributed by atoms with Gasteiger partial charge in [0.15, 0.2) is 17.1 Å². The maximum Gasteiger partial charge on any atom is 0.360 e. The second-order valence-corrected chi connectivity index (χ2v) is 4.32. The summed E-state index contributed by atoms with van der Waals surface area (Å²) in [7, 11) is 0. The van der Waals surface area contributed by atoms with E-state index in [4.69, 9.17) is 14.9 Å². The first-order chi connectivity index (χ1) is 10.7. The third kappa shape index (κ3) is 2.05. The van der Waals surface area contributed by atoms with Crippen LogP contribution in [0.3, 0.4) is 0 Å². The number of para-hydroxylation sites is 2. The highest BCUT2D eigenvalue weighted by Crippen LogP contribution is 2.23. The van der Waals surface area contributed by atoms with Gasteiger partial charge in [0, 0.05) is 0 Å². The second kappa shape index (κ2) is 5.21. The fraction of sp³-hybridized carbons (Fsp3) is 0.143. The van der Waals surface area contributed by atoms with Gasteiger partial charge in [0.2, 0.25) is 0 Å².